The minimum absolute atomic E-state index is 0.0252. The molecule has 0 radical (unpaired) electrons. The van der Waals surface area contributed by atoms with Gasteiger partial charge in [0.25, 0.3) is 11.8 Å². The van der Waals surface area contributed by atoms with E-state index in [9.17, 15) is 9.59 Å². The van der Waals surface area contributed by atoms with Crippen LogP contribution in [0.15, 0.2) is 66.7 Å². The summed E-state index contributed by atoms with van der Waals surface area (Å²) in [7, 11) is 0. The van der Waals surface area contributed by atoms with Gasteiger partial charge < -0.3 is 24.4 Å². The number of nitrogens with one attached hydrogen (secondary N) is 1. The number of hydrogen-bond donors (Lipinski definition) is 1. The maximum absolute atomic E-state index is 12.8. The van der Waals surface area contributed by atoms with E-state index in [0.717, 1.165) is 5.56 Å². The lowest BCUT2D eigenvalue weighted by molar-refractivity contribution is -0.121. The summed E-state index contributed by atoms with van der Waals surface area (Å²) in [6, 6.07) is 20.0. The summed E-state index contributed by atoms with van der Waals surface area (Å²) in [5.74, 6) is 1.36. The SMILES string of the molecule is O=C(Nc1ccc2c(c1)OCO2)c1ccc2c(c1)N(Cc1ccccc1)C(=O)CO2. The van der Waals surface area contributed by atoms with E-state index in [0.29, 0.717) is 40.7 Å². The number of benzene rings is 3. The smallest absolute Gasteiger partial charge is 0.265 e. The maximum atomic E-state index is 12.8. The van der Waals surface area contributed by atoms with Crippen LogP contribution in [0.25, 0.3) is 0 Å². The van der Waals surface area contributed by atoms with Crippen molar-refractivity contribution in [2.75, 3.05) is 23.6 Å². The van der Waals surface area contributed by atoms with Gasteiger partial charge in [-0.25, -0.2) is 0 Å². The monoisotopic (exact) mass is 402 g/mol. The van der Waals surface area contributed by atoms with Crippen LogP contribution in [0, 0.1) is 0 Å². The first-order valence-corrected chi connectivity index (χ1v) is 9.49. The Morgan fingerprint density at radius 3 is 2.57 bits per heavy atom. The highest BCUT2D eigenvalue weighted by molar-refractivity contribution is 6.06. The van der Waals surface area contributed by atoms with Gasteiger partial charge in [0.15, 0.2) is 18.1 Å². The Kier molecular flexibility index (Phi) is 4.48. The van der Waals surface area contributed by atoms with Crippen molar-refractivity contribution >= 4 is 23.2 Å². The number of amides is 2. The van der Waals surface area contributed by atoms with E-state index < -0.39 is 0 Å². The van der Waals surface area contributed by atoms with Crippen molar-refractivity contribution in [3.05, 3.63) is 77.9 Å². The Balaban J connectivity index is 1.40. The molecule has 3 aromatic rings. The first-order valence-electron chi connectivity index (χ1n) is 9.49. The molecule has 0 bridgehead atoms. The lowest BCUT2D eigenvalue weighted by Gasteiger charge is -2.29. The summed E-state index contributed by atoms with van der Waals surface area (Å²) in [6.07, 6.45) is 0. The van der Waals surface area contributed by atoms with Crippen molar-refractivity contribution in [1.82, 2.24) is 0 Å². The van der Waals surface area contributed by atoms with E-state index in [1.165, 1.54) is 0 Å². The third kappa shape index (κ3) is 3.41. The zero-order valence-corrected chi connectivity index (χ0v) is 16.0. The molecule has 3 aromatic carbocycles. The number of nitrogens with zero attached hydrogens (tertiary/aromatic N) is 1. The average Bonchev–Trinajstić information content (AvgIpc) is 3.24. The van der Waals surface area contributed by atoms with Crippen molar-refractivity contribution in [2.45, 2.75) is 6.54 Å². The average molecular weight is 402 g/mol. The number of fused-ring (bicyclic) bond motifs is 2. The molecule has 0 unspecified atom stereocenters. The van der Waals surface area contributed by atoms with E-state index in [1.807, 2.05) is 30.3 Å². The molecule has 2 aliphatic heterocycles. The minimum atomic E-state index is -0.297. The fourth-order valence-electron chi connectivity index (χ4n) is 3.46. The third-order valence-corrected chi connectivity index (χ3v) is 4.98. The van der Waals surface area contributed by atoms with Crippen LogP contribution in [0.3, 0.4) is 0 Å². The van der Waals surface area contributed by atoms with Gasteiger partial charge in [0.1, 0.15) is 5.75 Å². The number of rotatable bonds is 4. The van der Waals surface area contributed by atoms with Crippen LogP contribution in [-0.2, 0) is 11.3 Å². The number of hydrogen-bond acceptors (Lipinski definition) is 5. The standard InChI is InChI=1S/C23H18N2O5/c26-22-13-28-19-8-6-16(10-18(19)25(22)12-15-4-2-1-3-5-15)23(27)24-17-7-9-20-21(11-17)30-14-29-20/h1-11H,12-14H2,(H,24,27). The second-order valence-electron chi connectivity index (χ2n) is 6.96. The van der Waals surface area contributed by atoms with Gasteiger partial charge in [-0.3, -0.25) is 9.59 Å². The van der Waals surface area contributed by atoms with Crippen LogP contribution in [0.4, 0.5) is 11.4 Å². The Morgan fingerprint density at radius 1 is 0.900 bits per heavy atom. The quantitative estimate of drug-likeness (QED) is 0.722. The van der Waals surface area contributed by atoms with Crippen LogP contribution < -0.4 is 24.4 Å². The Bertz CT molecular complexity index is 1130. The summed E-state index contributed by atoms with van der Waals surface area (Å²) in [5, 5.41) is 2.85. The fourth-order valence-corrected chi connectivity index (χ4v) is 3.46. The predicted octanol–water partition coefficient (Wildman–Crippen LogP) is 3.59. The summed E-state index contributed by atoms with van der Waals surface area (Å²) in [6.45, 7) is 0.550. The molecule has 30 heavy (non-hydrogen) atoms. The molecule has 7 nitrogen and oxygen atoms in total. The van der Waals surface area contributed by atoms with Gasteiger partial charge in [-0.15, -0.1) is 0 Å². The zero-order valence-electron chi connectivity index (χ0n) is 16.0. The van der Waals surface area contributed by atoms with Gasteiger partial charge in [0.05, 0.1) is 12.2 Å². The fraction of sp³-hybridized carbons (Fsp3) is 0.130. The molecule has 0 saturated heterocycles. The topological polar surface area (TPSA) is 77.1 Å². The van der Waals surface area contributed by atoms with Crippen LogP contribution in [0.2, 0.25) is 0 Å². The van der Waals surface area contributed by atoms with E-state index in [1.54, 1.807) is 41.3 Å². The molecule has 150 valence electrons. The minimum Gasteiger partial charge on any atom is -0.482 e. The van der Waals surface area contributed by atoms with Crippen molar-refractivity contribution < 1.29 is 23.8 Å². The second kappa shape index (κ2) is 7.44. The highest BCUT2D eigenvalue weighted by Crippen LogP contribution is 2.36. The molecule has 1 N–H and O–H groups in total. The zero-order chi connectivity index (χ0) is 20.5. The molecule has 0 aromatic heterocycles. The molecule has 0 saturated carbocycles. The summed E-state index contributed by atoms with van der Waals surface area (Å²) < 4.78 is 16.2. The van der Waals surface area contributed by atoms with E-state index >= 15 is 0 Å². The molecule has 2 amide bonds. The van der Waals surface area contributed by atoms with Crippen LogP contribution in [-0.4, -0.2) is 25.2 Å². The largest absolute Gasteiger partial charge is 0.482 e. The highest BCUT2D eigenvalue weighted by Gasteiger charge is 2.27. The molecule has 5 rings (SSSR count). The molecule has 7 heteroatoms. The number of carbonyl (C=O) groups is 2. The molecular formula is C23H18N2O5. The van der Waals surface area contributed by atoms with Crippen LogP contribution >= 0.6 is 0 Å². The van der Waals surface area contributed by atoms with Gasteiger partial charge in [0, 0.05) is 17.3 Å². The second-order valence-corrected chi connectivity index (χ2v) is 6.96. The van der Waals surface area contributed by atoms with Gasteiger partial charge in [-0.2, -0.15) is 0 Å². The van der Waals surface area contributed by atoms with E-state index in [4.69, 9.17) is 14.2 Å². The lowest BCUT2D eigenvalue weighted by atomic mass is 10.1. The van der Waals surface area contributed by atoms with Gasteiger partial charge in [-0.1, -0.05) is 30.3 Å². The Hall–Kier alpha value is -4.00. The van der Waals surface area contributed by atoms with Crippen molar-refractivity contribution in [3.8, 4) is 17.2 Å². The highest BCUT2D eigenvalue weighted by atomic mass is 16.7. The number of anilines is 2. The molecule has 0 aliphatic carbocycles. The first kappa shape index (κ1) is 18.1. The molecule has 0 spiro atoms. The maximum Gasteiger partial charge on any atom is 0.265 e. The van der Waals surface area contributed by atoms with Crippen molar-refractivity contribution in [1.29, 1.82) is 0 Å². The van der Waals surface area contributed by atoms with E-state index in [-0.39, 0.29) is 25.2 Å². The summed E-state index contributed by atoms with van der Waals surface area (Å²) >= 11 is 0. The van der Waals surface area contributed by atoms with Crippen molar-refractivity contribution in [3.63, 3.8) is 0 Å². The van der Waals surface area contributed by atoms with Gasteiger partial charge in [0.2, 0.25) is 6.79 Å². The van der Waals surface area contributed by atoms with E-state index in [2.05, 4.69) is 5.32 Å². The van der Waals surface area contributed by atoms with Gasteiger partial charge in [-0.05, 0) is 35.9 Å². The Morgan fingerprint density at radius 2 is 1.70 bits per heavy atom. The Labute approximate surface area is 172 Å². The van der Waals surface area contributed by atoms with Crippen molar-refractivity contribution in [2.24, 2.45) is 0 Å². The normalized spacial score (nSPS) is 14.1. The predicted molar refractivity (Wildman–Crippen MR) is 110 cm³/mol. The molecule has 0 atom stereocenters. The molecule has 2 aliphatic rings. The summed E-state index contributed by atoms with van der Waals surface area (Å²) in [4.78, 5) is 27.0. The summed E-state index contributed by atoms with van der Waals surface area (Å²) in [5.41, 5.74) is 2.58. The number of carbonyl (C=O) groups excluding carboxylic acids is 2. The molecule has 2 heterocycles. The lowest BCUT2D eigenvalue weighted by Crippen LogP contribution is -2.38. The third-order valence-electron chi connectivity index (χ3n) is 4.98. The van der Waals surface area contributed by atoms with Crippen LogP contribution in [0.1, 0.15) is 15.9 Å². The number of ether oxygens (including phenoxy) is 3. The molecular weight excluding hydrogens is 384 g/mol. The first-order chi connectivity index (χ1) is 14.7. The van der Waals surface area contributed by atoms with Crippen LogP contribution in [0.5, 0.6) is 17.2 Å². The molecule has 0 fully saturated rings. The van der Waals surface area contributed by atoms with Gasteiger partial charge >= 0.3 is 0 Å².